The van der Waals surface area contributed by atoms with Crippen LogP contribution in [0.2, 0.25) is 0 Å². The van der Waals surface area contributed by atoms with Crippen molar-refractivity contribution in [2.24, 2.45) is 23.0 Å². The van der Waals surface area contributed by atoms with Crippen LogP contribution in [0, 0.1) is 17.3 Å². The molecule has 142 valence electrons. The van der Waals surface area contributed by atoms with Crippen LogP contribution in [-0.4, -0.2) is 23.8 Å². The summed E-state index contributed by atoms with van der Waals surface area (Å²) in [6.45, 7) is 8.39. The van der Waals surface area contributed by atoms with E-state index in [-0.39, 0.29) is 35.0 Å². The maximum atomic E-state index is 13.0. The molecule has 0 saturated carbocycles. The molecule has 1 aromatic carbocycles. The van der Waals surface area contributed by atoms with Crippen LogP contribution in [0.1, 0.15) is 46.1 Å². The summed E-state index contributed by atoms with van der Waals surface area (Å²) in [5, 5.41) is 3.26. The Labute approximate surface area is 157 Å². The van der Waals surface area contributed by atoms with Crippen molar-refractivity contribution in [3.05, 3.63) is 48.0 Å². The third-order valence-electron chi connectivity index (χ3n) is 5.42. The molecule has 1 aliphatic rings. The summed E-state index contributed by atoms with van der Waals surface area (Å²) in [6.07, 6.45) is 6.19. The summed E-state index contributed by atoms with van der Waals surface area (Å²) in [5.74, 6) is 0.129. The van der Waals surface area contributed by atoms with Crippen molar-refractivity contribution in [1.29, 1.82) is 0 Å². The highest BCUT2D eigenvalue weighted by atomic mass is 16.1. The van der Waals surface area contributed by atoms with E-state index in [9.17, 15) is 9.59 Å². The quantitative estimate of drug-likeness (QED) is 0.702. The molecule has 0 bridgehead atoms. The smallest absolute Gasteiger partial charge is 0.234 e. The van der Waals surface area contributed by atoms with Gasteiger partial charge in [0.25, 0.3) is 0 Å². The number of rotatable bonds is 8. The van der Waals surface area contributed by atoms with Gasteiger partial charge in [-0.25, -0.2) is 0 Å². The number of hydrogen-bond donors (Lipinski definition) is 2. The van der Waals surface area contributed by atoms with Crippen molar-refractivity contribution in [1.82, 2.24) is 5.32 Å². The van der Waals surface area contributed by atoms with Gasteiger partial charge in [0.05, 0.1) is 6.04 Å². The Balaban J connectivity index is 1.99. The summed E-state index contributed by atoms with van der Waals surface area (Å²) < 4.78 is 0. The van der Waals surface area contributed by atoms with Gasteiger partial charge in [-0.15, -0.1) is 0 Å². The third kappa shape index (κ3) is 5.28. The molecule has 1 aromatic rings. The minimum atomic E-state index is -0.475. The number of allylic oxidation sites excluding steroid dienone is 2. The van der Waals surface area contributed by atoms with Gasteiger partial charge in [0.1, 0.15) is 5.78 Å². The predicted molar refractivity (Wildman–Crippen MR) is 106 cm³/mol. The zero-order chi connectivity index (χ0) is 19.3. The largest absolute Gasteiger partial charge is 0.368 e. The number of amides is 1. The van der Waals surface area contributed by atoms with Crippen LogP contribution in [0.3, 0.4) is 0 Å². The summed E-state index contributed by atoms with van der Waals surface area (Å²) in [6, 6.07) is 9.21. The van der Waals surface area contributed by atoms with Crippen LogP contribution >= 0.6 is 0 Å². The molecule has 0 spiro atoms. The van der Waals surface area contributed by atoms with Crippen LogP contribution in [0.25, 0.3) is 0 Å². The Morgan fingerprint density at radius 1 is 1.27 bits per heavy atom. The molecule has 2 rings (SSSR count). The van der Waals surface area contributed by atoms with Gasteiger partial charge in [0.15, 0.2) is 0 Å². The number of carbonyl (C=O) groups is 2. The molecule has 0 saturated heterocycles. The lowest BCUT2D eigenvalue weighted by atomic mass is 9.64. The van der Waals surface area contributed by atoms with Crippen LogP contribution < -0.4 is 11.1 Å². The number of ketones is 1. The molecule has 4 atom stereocenters. The van der Waals surface area contributed by atoms with Crippen molar-refractivity contribution in [2.45, 2.75) is 59.0 Å². The first kappa shape index (κ1) is 20.4. The zero-order valence-corrected chi connectivity index (χ0v) is 16.4. The molecular formula is C22H32N2O2. The average Bonchev–Trinajstić information content (AvgIpc) is 2.54. The van der Waals surface area contributed by atoms with E-state index in [1.165, 1.54) is 0 Å². The Morgan fingerprint density at radius 3 is 2.50 bits per heavy atom. The second-order valence-electron chi connectivity index (χ2n) is 8.34. The first-order valence-corrected chi connectivity index (χ1v) is 9.49. The summed E-state index contributed by atoms with van der Waals surface area (Å²) in [7, 11) is 0. The van der Waals surface area contributed by atoms with Gasteiger partial charge in [-0.1, -0.05) is 63.3 Å². The van der Waals surface area contributed by atoms with Crippen molar-refractivity contribution in [3.8, 4) is 0 Å². The molecule has 0 heterocycles. The summed E-state index contributed by atoms with van der Waals surface area (Å²) in [4.78, 5) is 24.8. The number of benzene rings is 1. The first-order valence-electron chi connectivity index (χ1n) is 9.49. The minimum absolute atomic E-state index is 0.0119. The molecule has 3 N–H and O–H groups in total. The minimum Gasteiger partial charge on any atom is -0.368 e. The van der Waals surface area contributed by atoms with E-state index >= 15 is 0 Å². The average molecular weight is 357 g/mol. The van der Waals surface area contributed by atoms with E-state index in [4.69, 9.17) is 5.73 Å². The van der Waals surface area contributed by atoms with Crippen LogP contribution in [0.5, 0.6) is 0 Å². The Kier molecular flexibility index (Phi) is 6.76. The number of carbonyl (C=O) groups excluding carboxylic acids is 2. The molecule has 26 heavy (non-hydrogen) atoms. The highest BCUT2D eigenvalue weighted by Crippen LogP contribution is 2.41. The van der Waals surface area contributed by atoms with E-state index in [1.54, 1.807) is 0 Å². The zero-order valence-electron chi connectivity index (χ0n) is 16.4. The van der Waals surface area contributed by atoms with E-state index in [0.717, 1.165) is 12.0 Å². The Bertz CT molecular complexity index is 651. The molecule has 4 nitrogen and oxygen atoms in total. The molecular weight excluding hydrogens is 324 g/mol. The SMILES string of the molecule is CC(CC(=O)C1C(C)C=CCC1(C)C)NC(Cc1ccccc1)C(N)=O. The van der Waals surface area contributed by atoms with Gasteiger partial charge in [0.2, 0.25) is 5.91 Å². The fourth-order valence-corrected chi connectivity index (χ4v) is 4.19. The number of nitrogens with two attached hydrogens (primary N) is 1. The maximum Gasteiger partial charge on any atom is 0.234 e. The van der Waals surface area contributed by atoms with E-state index < -0.39 is 6.04 Å². The van der Waals surface area contributed by atoms with Crippen LogP contribution in [0.4, 0.5) is 0 Å². The highest BCUT2D eigenvalue weighted by Gasteiger charge is 2.39. The van der Waals surface area contributed by atoms with Crippen molar-refractivity contribution in [3.63, 3.8) is 0 Å². The van der Waals surface area contributed by atoms with Crippen molar-refractivity contribution >= 4 is 11.7 Å². The van der Waals surface area contributed by atoms with Crippen LogP contribution in [-0.2, 0) is 16.0 Å². The van der Waals surface area contributed by atoms with Gasteiger partial charge in [-0.2, -0.15) is 0 Å². The lowest BCUT2D eigenvalue weighted by molar-refractivity contribution is -0.129. The number of primary amides is 1. The highest BCUT2D eigenvalue weighted by molar-refractivity contribution is 5.83. The van der Waals surface area contributed by atoms with Crippen molar-refractivity contribution < 1.29 is 9.59 Å². The topological polar surface area (TPSA) is 72.2 Å². The molecule has 4 heteroatoms. The van der Waals surface area contributed by atoms with Gasteiger partial charge in [-0.3, -0.25) is 9.59 Å². The molecule has 0 radical (unpaired) electrons. The molecule has 0 aromatic heterocycles. The second kappa shape index (κ2) is 8.63. The van der Waals surface area contributed by atoms with Gasteiger partial charge in [0, 0.05) is 18.4 Å². The normalized spacial score (nSPS) is 24.0. The van der Waals surface area contributed by atoms with E-state index in [1.807, 2.05) is 37.3 Å². The molecule has 4 unspecified atom stereocenters. The van der Waals surface area contributed by atoms with Gasteiger partial charge >= 0.3 is 0 Å². The molecule has 0 aliphatic heterocycles. The Morgan fingerprint density at radius 2 is 1.92 bits per heavy atom. The van der Waals surface area contributed by atoms with E-state index in [0.29, 0.717) is 12.8 Å². The lowest BCUT2D eigenvalue weighted by Crippen LogP contribution is -2.48. The lowest BCUT2D eigenvalue weighted by Gasteiger charge is -2.39. The monoisotopic (exact) mass is 356 g/mol. The standard InChI is InChI=1S/C22H32N2O2/c1-15-9-8-12-22(3,4)20(15)19(25)13-16(2)24-18(21(23)26)14-17-10-6-5-7-11-17/h5-11,15-16,18,20,24H,12-14H2,1-4H3,(H2,23,26). The fraction of sp³-hybridized carbons (Fsp3) is 0.545. The van der Waals surface area contributed by atoms with Gasteiger partial charge in [-0.05, 0) is 36.7 Å². The maximum absolute atomic E-state index is 13.0. The number of nitrogens with one attached hydrogen (secondary N) is 1. The number of hydrogen-bond acceptors (Lipinski definition) is 3. The molecule has 0 fully saturated rings. The Hall–Kier alpha value is -1.94. The summed E-state index contributed by atoms with van der Waals surface area (Å²) in [5.41, 5.74) is 6.60. The van der Waals surface area contributed by atoms with Crippen LogP contribution in [0.15, 0.2) is 42.5 Å². The van der Waals surface area contributed by atoms with Gasteiger partial charge < -0.3 is 11.1 Å². The van der Waals surface area contributed by atoms with Crippen molar-refractivity contribution in [2.75, 3.05) is 0 Å². The predicted octanol–water partition coefficient (Wildman–Crippen LogP) is 3.26. The fourth-order valence-electron chi connectivity index (χ4n) is 4.19. The van der Waals surface area contributed by atoms with E-state index in [2.05, 4.69) is 38.2 Å². The molecule has 1 amide bonds. The second-order valence-corrected chi connectivity index (χ2v) is 8.34. The molecule has 1 aliphatic carbocycles. The first-order chi connectivity index (χ1) is 12.2. The summed E-state index contributed by atoms with van der Waals surface area (Å²) >= 11 is 0. The third-order valence-corrected chi connectivity index (χ3v) is 5.42. The number of Topliss-reactive ketones (excluding diaryl/α,β-unsaturated/α-hetero) is 1.